The first kappa shape index (κ1) is 21.4. The molecule has 7 heteroatoms. The van der Waals surface area contributed by atoms with E-state index in [0.717, 1.165) is 48.6 Å². The molecule has 7 nitrogen and oxygen atoms in total. The summed E-state index contributed by atoms with van der Waals surface area (Å²) in [6.07, 6.45) is 5.80. The highest BCUT2D eigenvalue weighted by Gasteiger charge is 2.28. The van der Waals surface area contributed by atoms with Crippen LogP contribution < -0.4 is 15.7 Å². The molecule has 2 aromatic rings. The number of carbonyl (C=O) groups excluding carboxylic acids is 2. The summed E-state index contributed by atoms with van der Waals surface area (Å²) < 4.78 is 15.9. The Hall–Kier alpha value is -2.83. The molecule has 2 aliphatic rings. The largest absolute Gasteiger partial charge is 0.482 e. The van der Waals surface area contributed by atoms with Crippen LogP contribution in [0.3, 0.4) is 0 Å². The monoisotopic (exact) mass is 427 g/mol. The normalized spacial score (nSPS) is 22.7. The smallest absolute Gasteiger partial charge is 0.344 e. The van der Waals surface area contributed by atoms with Crippen molar-refractivity contribution in [3.05, 3.63) is 39.7 Å². The Labute approximate surface area is 181 Å². The van der Waals surface area contributed by atoms with E-state index in [1.807, 2.05) is 6.07 Å². The first-order valence-electron chi connectivity index (χ1n) is 11.1. The minimum absolute atomic E-state index is 0.125. The Kier molecular flexibility index (Phi) is 6.30. The van der Waals surface area contributed by atoms with Gasteiger partial charge in [0.1, 0.15) is 11.3 Å². The van der Waals surface area contributed by atoms with Crippen LogP contribution in [0, 0.1) is 11.8 Å². The number of benzene rings is 1. The van der Waals surface area contributed by atoms with Crippen LogP contribution >= 0.6 is 0 Å². The predicted octanol–water partition coefficient (Wildman–Crippen LogP) is 3.14. The highest BCUT2D eigenvalue weighted by molar-refractivity contribution is 5.83. The van der Waals surface area contributed by atoms with Gasteiger partial charge in [-0.2, -0.15) is 0 Å². The van der Waals surface area contributed by atoms with Gasteiger partial charge in [0, 0.05) is 23.1 Å². The number of hydrogen-bond acceptors (Lipinski definition) is 6. The maximum atomic E-state index is 12.1. The summed E-state index contributed by atoms with van der Waals surface area (Å²) in [7, 11) is 0. The molecule has 0 saturated heterocycles. The fourth-order valence-electron chi connectivity index (χ4n) is 4.72. The molecule has 0 radical (unpaired) electrons. The van der Waals surface area contributed by atoms with Gasteiger partial charge < -0.3 is 19.2 Å². The Morgan fingerprint density at radius 1 is 1.10 bits per heavy atom. The highest BCUT2D eigenvalue weighted by Crippen LogP contribution is 2.30. The number of aryl methyl sites for hydroxylation is 1. The number of esters is 1. The fraction of sp³-hybridized carbons (Fsp3) is 0.542. The van der Waals surface area contributed by atoms with Gasteiger partial charge in [-0.05, 0) is 55.2 Å². The number of nitrogens with one attached hydrogen (secondary N) is 1. The van der Waals surface area contributed by atoms with E-state index < -0.39 is 5.97 Å². The summed E-state index contributed by atoms with van der Waals surface area (Å²) in [5, 5.41) is 3.88. The van der Waals surface area contributed by atoms with Crippen LogP contribution in [0.4, 0.5) is 0 Å². The van der Waals surface area contributed by atoms with Crippen LogP contribution in [0.25, 0.3) is 11.0 Å². The molecule has 1 N–H and O–H groups in total. The molecule has 1 aromatic carbocycles. The van der Waals surface area contributed by atoms with E-state index in [1.165, 1.54) is 6.42 Å². The van der Waals surface area contributed by atoms with Crippen molar-refractivity contribution in [3.8, 4) is 5.75 Å². The van der Waals surface area contributed by atoms with E-state index in [0.29, 0.717) is 23.2 Å². The molecule has 1 fully saturated rings. The summed E-state index contributed by atoms with van der Waals surface area (Å²) in [6, 6.07) is 5.33. The fourth-order valence-corrected chi connectivity index (χ4v) is 4.72. The number of rotatable bonds is 6. The van der Waals surface area contributed by atoms with Crippen molar-refractivity contribution >= 4 is 22.8 Å². The molecule has 31 heavy (non-hydrogen) atoms. The second kappa shape index (κ2) is 9.12. The zero-order chi connectivity index (χ0) is 22.0. The average molecular weight is 427 g/mol. The molecule has 166 valence electrons. The van der Waals surface area contributed by atoms with Crippen molar-refractivity contribution in [2.24, 2.45) is 11.8 Å². The zero-order valence-corrected chi connectivity index (χ0v) is 18.1. The van der Waals surface area contributed by atoms with Crippen molar-refractivity contribution in [2.75, 3.05) is 13.2 Å². The first-order valence-corrected chi connectivity index (χ1v) is 11.1. The molecule has 3 atom stereocenters. The summed E-state index contributed by atoms with van der Waals surface area (Å²) >= 11 is 0. The lowest BCUT2D eigenvalue weighted by atomic mass is 9.78. The van der Waals surface area contributed by atoms with Gasteiger partial charge in [0.25, 0.3) is 5.91 Å². The van der Waals surface area contributed by atoms with E-state index in [2.05, 4.69) is 19.2 Å². The SMILES string of the molecule is C[C@@H]1[C@@H](C)CCC[C@H]1NC(=O)COC(=O)COc1ccc2c3c(c(=O)oc2c1)CCC3. The van der Waals surface area contributed by atoms with E-state index in [4.69, 9.17) is 13.9 Å². The third kappa shape index (κ3) is 4.75. The van der Waals surface area contributed by atoms with Crippen molar-refractivity contribution in [3.63, 3.8) is 0 Å². The molecular weight excluding hydrogens is 398 g/mol. The number of hydrogen-bond donors (Lipinski definition) is 1. The third-order valence-corrected chi connectivity index (χ3v) is 6.72. The van der Waals surface area contributed by atoms with E-state index in [-0.39, 0.29) is 30.8 Å². The van der Waals surface area contributed by atoms with Crippen molar-refractivity contribution < 1.29 is 23.5 Å². The van der Waals surface area contributed by atoms with Gasteiger partial charge in [0.05, 0.1) is 0 Å². The number of ether oxygens (including phenoxy) is 2. The van der Waals surface area contributed by atoms with E-state index in [1.54, 1.807) is 12.1 Å². The van der Waals surface area contributed by atoms with Gasteiger partial charge in [-0.3, -0.25) is 4.79 Å². The van der Waals surface area contributed by atoms with Crippen LogP contribution in [0.1, 0.15) is 50.7 Å². The summed E-state index contributed by atoms with van der Waals surface area (Å²) in [4.78, 5) is 36.3. The predicted molar refractivity (Wildman–Crippen MR) is 115 cm³/mol. The third-order valence-electron chi connectivity index (χ3n) is 6.72. The second-order valence-electron chi connectivity index (χ2n) is 8.75. The molecule has 0 bridgehead atoms. The lowest BCUT2D eigenvalue weighted by Gasteiger charge is -2.34. The Balaban J connectivity index is 1.28. The molecule has 1 saturated carbocycles. The van der Waals surface area contributed by atoms with Crippen molar-refractivity contribution in [2.45, 2.75) is 58.4 Å². The Morgan fingerprint density at radius 3 is 2.74 bits per heavy atom. The minimum atomic E-state index is -0.629. The summed E-state index contributed by atoms with van der Waals surface area (Å²) in [5.74, 6) is 0.463. The molecule has 0 unspecified atom stereocenters. The topological polar surface area (TPSA) is 94.8 Å². The van der Waals surface area contributed by atoms with Gasteiger partial charge in [-0.25, -0.2) is 9.59 Å². The summed E-state index contributed by atoms with van der Waals surface area (Å²) in [6.45, 7) is 3.70. The first-order chi connectivity index (χ1) is 14.9. The average Bonchev–Trinajstić information content (AvgIpc) is 3.25. The number of fused-ring (bicyclic) bond motifs is 3. The molecular formula is C24H29NO6. The van der Waals surface area contributed by atoms with Crippen LogP contribution in [-0.4, -0.2) is 31.1 Å². The lowest BCUT2D eigenvalue weighted by Crippen LogP contribution is -2.45. The van der Waals surface area contributed by atoms with Crippen LogP contribution in [0.15, 0.2) is 27.4 Å². The minimum Gasteiger partial charge on any atom is -0.482 e. The maximum Gasteiger partial charge on any atom is 0.344 e. The van der Waals surface area contributed by atoms with Gasteiger partial charge in [0.15, 0.2) is 13.2 Å². The van der Waals surface area contributed by atoms with Gasteiger partial charge in [0.2, 0.25) is 0 Å². The van der Waals surface area contributed by atoms with Gasteiger partial charge in [-0.1, -0.05) is 26.7 Å². The molecule has 0 aliphatic heterocycles. The molecule has 1 heterocycles. The van der Waals surface area contributed by atoms with Crippen LogP contribution in [0.5, 0.6) is 5.75 Å². The lowest BCUT2D eigenvalue weighted by molar-refractivity contribution is -0.150. The highest BCUT2D eigenvalue weighted by atomic mass is 16.6. The van der Waals surface area contributed by atoms with E-state index >= 15 is 0 Å². The second-order valence-corrected chi connectivity index (χ2v) is 8.75. The van der Waals surface area contributed by atoms with Gasteiger partial charge in [-0.15, -0.1) is 0 Å². The van der Waals surface area contributed by atoms with Gasteiger partial charge >= 0.3 is 11.6 Å². The Bertz CT molecular complexity index is 1040. The quantitative estimate of drug-likeness (QED) is 0.562. The zero-order valence-electron chi connectivity index (χ0n) is 18.1. The molecule has 4 rings (SSSR count). The maximum absolute atomic E-state index is 12.1. The van der Waals surface area contributed by atoms with Crippen molar-refractivity contribution in [1.29, 1.82) is 0 Å². The van der Waals surface area contributed by atoms with E-state index in [9.17, 15) is 14.4 Å². The summed E-state index contributed by atoms with van der Waals surface area (Å²) in [5.41, 5.74) is 1.96. The number of amides is 1. The van der Waals surface area contributed by atoms with Crippen molar-refractivity contribution in [1.82, 2.24) is 5.32 Å². The molecule has 1 aromatic heterocycles. The Morgan fingerprint density at radius 2 is 1.90 bits per heavy atom. The molecule has 2 aliphatic carbocycles. The standard InChI is InChI=1S/C24H29NO6/c1-14-5-3-8-20(15(14)2)25-22(26)12-30-23(27)13-29-16-9-10-18-17-6-4-7-19(17)24(28)31-21(18)11-16/h9-11,14-15,20H,3-8,12-13H2,1-2H3,(H,25,26)/t14-,15+,20+/m0/s1. The van der Waals surface area contributed by atoms with Crippen LogP contribution in [0.2, 0.25) is 0 Å². The molecule has 0 spiro atoms. The van der Waals surface area contributed by atoms with Crippen LogP contribution in [-0.2, 0) is 27.2 Å². The molecule has 1 amide bonds. The number of carbonyl (C=O) groups is 2.